The SMILES string of the molecule is C=CCOc1c2cc(C3(c4cc5c(OCC=C)c(c4)COC[C@H](c4ccccc4)OCCOCCO[C@@H](c4ccccc4)COC5)OC(=O)c4ccccc43)cc1COC[C@H](c1ccccc1)OCCOCCO[C@@H](c1ccccc1)COC2. The lowest BCUT2D eigenvalue weighted by Crippen LogP contribution is -2.31. The molecule has 14 nitrogen and oxygen atoms in total. The normalized spacial score (nSPS) is 20.7. The van der Waals surface area contributed by atoms with Gasteiger partial charge in [-0.1, -0.05) is 165 Å². The van der Waals surface area contributed by atoms with E-state index < -0.39 is 36.0 Å². The number of ether oxygens (including phenoxy) is 13. The number of carbonyl (C=O) groups is 1. The Labute approximate surface area is 492 Å². The highest BCUT2D eigenvalue weighted by Crippen LogP contribution is 2.50. The van der Waals surface area contributed by atoms with Gasteiger partial charge in [0.05, 0.1) is 111 Å². The van der Waals surface area contributed by atoms with Gasteiger partial charge in [0.2, 0.25) is 0 Å². The standard InChI is InChI=1S/C70H74O14/c1-3-29-82-67-55-39-59(40-56(67)44-75-48-64(52-21-11-6-12-22-52)79-36-32-72-31-35-78-63(47-74-43-55)51-19-9-5-10-20-51)70(62-28-18-17-27-61(62)69(71)84-70)60-41-57-45-76-49-65(53-23-13-7-14-24-53)80-37-33-73-34-38-81-66(54-25-15-8-16-26-54)50-77-46-58(42-60)68(57)83-30-4-2/h3-28,39-42,63-66H,1-2,29-38,43-50H2/t63-,64-,65-,66-/m1/s1. The average molecular weight is 1140 g/mol. The van der Waals surface area contributed by atoms with Gasteiger partial charge < -0.3 is 61.6 Å². The van der Waals surface area contributed by atoms with Gasteiger partial charge in [-0.15, -0.1) is 0 Å². The van der Waals surface area contributed by atoms with Crippen LogP contribution in [0.3, 0.4) is 0 Å². The van der Waals surface area contributed by atoms with E-state index in [1.807, 2.05) is 164 Å². The first kappa shape index (κ1) is 59.8. The van der Waals surface area contributed by atoms with Crippen molar-refractivity contribution >= 4 is 5.97 Å². The summed E-state index contributed by atoms with van der Waals surface area (Å²) in [5, 5.41) is 0. The molecule has 3 heterocycles. The Balaban J connectivity index is 1.12. The maximum atomic E-state index is 14.8. The van der Waals surface area contributed by atoms with Gasteiger partial charge in [0.25, 0.3) is 0 Å². The zero-order valence-corrected chi connectivity index (χ0v) is 47.5. The number of benzene rings is 7. The van der Waals surface area contributed by atoms with Crippen molar-refractivity contribution in [2.75, 3.05) is 92.5 Å². The average Bonchev–Trinajstić information content (AvgIpc) is 1.63. The molecule has 4 bridgehead atoms. The van der Waals surface area contributed by atoms with E-state index in [9.17, 15) is 4.79 Å². The maximum absolute atomic E-state index is 14.8. The fourth-order valence-corrected chi connectivity index (χ4v) is 10.8. The van der Waals surface area contributed by atoms with Crippen LogP contribution >= 0.6 is 0 Å². The molecule has 0 saturated heterocycles. The summed E-state index contributed by atoms with van der Waals surface area (Å²) in [6, 6.07) is 55.4. The number of hydrogen-bond acceptors (Lipinski definition) is 14. The molecule has 0 aromatic heterocycles. The summed E-state index contributed by atoms with van der Waals surface area (Å²) in [6.07, 6.45) is 1.69. The van der Waals surface area contributed by atoms with Gasteiger partial charge in [-0.3, -0.25) is 0 Å². The van der Waals surface area contributed by atoms with E-state index in [1.54, 1.807) is 18.2 Å². The number of cyclic esters (lactones) is 1. The first-order valence-electron chi connectivity index (χ1n) is 28.8. The molecule has 438 valence electrons. The minimum Gasteiger partial charge on any atom is -0.489 e. The summed E-state index contributed by atoms with van der Waals surface area (Å²) in [5.41, 5.74) is 7.22. The molecular formula is C70H74O14. The van der Waals surface area contributed by atoms with Crippen LogP contribution in [-0.2, 0) is 84.1 Å². The molecule has 7 aromatic carbocycles. The van der Waals surface area contributed by atoms with Gasteiger partial charge >= 0.3 is 5.97 Å². The minimum atomic E-state index is -1.58. The number of carbonyl (C=O) groups excluding carboxylic acids is 1. The van der Waals surface area contributed by atoms with Crippen molar-refractivity contribution in [1.82, 2.24) is 0 Å². The third-order valence-electron chi connectivity index (χ3n) is 14.7. The van der Waals surface area contributed by atoms with E-state index in [4.69, 9.17) is 61.6 Å². The quantitative estimate of drug-likeness (QED) is 0.0847. The summed E-state index contributed by atoms with van der Waals surface area (Å²) in [5.74, 6) is 0.592. The van der Waals surface area contributed by atoms with Crippen LogP contribution < -0.4 is 9.47 Å². The van der Waals surface area contributed by atoms with Crippen molar-refractivity contribution in [2.45, 2.75) is 56.4 Å². The predicted octanol–water partition coefficient (Wildman–Crippen LogP) is 12.4. The van der Waals surface area contributed by atoms with Gasteiger partial charge in [0.1, 0.15) is 49.1 Å². The van der Waals surface area contributed by atoms with Crippen LogP contribution in [0.1, 0.15) is 96.0 Å². The summed E-state index contributed by atoms with van der Waals surface area (Å²) < 4.78 is 85.2. The monoisotopic (exact) mass is 1140 g/mol. The molecule has 0 spiro atoms. The van der Waals surface area contributed by atoms with Crippen molar-refractivity contribution in [1.29, 1.82) is 0 Å². The second-order valence-corrected chi connectivity index (χ2v) is 20.4. The molecule has 0 aliphatic carbocycles. The number of rotatable bonds is 12. The molecule has 10 rings (SSSR count). The Morgan fingerprint density at radius 1 is 0.405 bits per heavy atom. The highest BCUT2D eigenvalue weighted by Gasteiger charge is 2.50. The lowest BCUT2D eigenvalue weighted by molar-refractivity contribution is -0.0647. The first-order valence-corrected chi connectivity index (χ1v) is 28.8. The first-order chi connectivity index (χ1) is 41.5. The van der Waals surface area contributed by atoms with E-state index in [-0.39, 0.29) is 66.1 Å². The van der Waals surface area contributed by atoms with E-state index in [0.29, 0.717) is 109 Å². The van der Waals surface area contributed by atoms with Crippen molar-refractivity contribution in [3.8, 4) is 11.5 Å². The third-order valence-corrected chi connectivity index (χ3v) is 14.7. The molecule has 0 amide bonds. The Morgan fingerprint density at radius 2 is 0.714 bits per heavy atom. The number of esters is 1. The molecule has 0 saturated carbocycles. The molecular weight excluding hydrogens is 1060 g/mol. The molecule has 4 atom stereocenters. The predicted molar refractivity (Wildman–Crippen MR) is 317 cm³/mol. The Bertz CT molecular complexity index is 2840. The largest absolute Gasteiger partial charge is 0.489 e. The number of fused-ring (bicyclic) bond motifs is 5. The van der Waals surface area contributed by atoms with Gasteiger partial charge in [0.15, 0.2) is 5.60 Å². The maximum Gasteiger partial charge on any atom is 0.340 e. The Kier molecular flexibility index (Phi) is 22.1. The molecule has 3 aliphatic heterocycles. The summed E-state index contributed by atoms with van der Waals surface area (Å²) in [6.45, 7) is 12.2. The van der Waals surface area contributed by atoms with Crippen molar-refractivity contribution in [3.05, 3.63) is 262 Å². The summed E-state index contributed by atoms with van der Waals surface area (Å²) >= 11 is 0. The smallest absolute Gasteiger partial charge is 0.340 e. The zero-order valence-electron chi connectivity index (χ0n) is 47.5. The molecule has 3 aliphatic rings. The second kappa shape index (κ2) is 31.0. The highest BCUT2D eigenvalue weighted by molar-refractivity contribution is 5.96. The van der Waals surface area contributed by atoms with Crippen LogP contribution in [0, 0.1) is 0 Å². The fourth-order valence-electron chi connectivity index (χ4n) is 10.8. The lowest BCUT2D eigenvalue weighted by Gasteiger charge is -2.33. The second-order valence-electron chi connectivity index (χ2n) is 20.4. The summed E-state index contributed by atoms with van der Waals surface area (Å²) in [7, 11) is 0. The van der Waals surface area contributed by atoms with Gasteiger partial charge in [-0.25, -0.2) is 4.79 Å². The highest BCUT2D eigenvalue weighted by atomic mass is 16.6. The van der Waals surface area contributed by atoms with Crippen LogP contribution in [0.5, 0.6) is 11.5 Å². The van der Waals surface area contributed by atoms with E-state index in [2.05, 4.69) is 13.2 Å². The molecule has 0 fully saturated rings. The van der Waals surface area contributed by atoms with Gasteiger partial charge in [-0.2, -0.15) is 0 Å². The minimum absolute atomic E-state index is 0.0753. The lowest BCUT2D eigenvalue weighted by atomic mass is 9.77. The Morgan fingerprint density at radius 3 is 1.04 bits per heavy atom. The van der Waals surface area contributed by atoms with Crippen LogP contribution in [0.25, 0.3) is 0 Å². The van der Waals surface area contributed by atoms with Gasteiger partial charge in [-0.05, 0) is 52.6 Å². The third kappa shape index (κ3) is 15.3. The van der Waals surface area contributed by atoms with E-state index >= 15 is 0 Å². The summed E-state index contributed by atoms with van der Waals surface area (Å²) in [4.78, 5) is 14.8. The van der Waals surface area contributed by atoms with Crippen LogP contribution in [0.15, 0.2) is 195 Å². The van der Waals surface area contributed by atoms with Gasteiger partial charge in [0, 0.05) is 38.9 Å². The van der Waals surface area contributed by atoms with Crippen molar-refractivity contribution in [2.24, 2.45) is 0 Å². The zero-order chi connectivity index (χ0) is 57.6. The number of hydrogen-bond donors (Lipinski definition) is 0. The molecule has 0 N–H and O–H groups in total. The van der Waals surface area contributed by atoms with Crippen LogP contribution in [0.2, 0.25) is 0 Å². The molecule has 14 heteroatoms. The van der Waals surface area contributed by atoms with E-state index in [1.165, 1.54) is 0 Å². The van der Waals surface area contributed by atoms with Crippen LogP contribution in [0.4, 0.5) is 0 Å². The van der Waals surface area contributed by atoms with E-state index in [0.717, 1.165) is 22.3 Å². The Hall–Kier alpha value is -7.31. The fraction of sp³-hybridized carbons (Fsp3) is 0.329. The van der Waals surface area contributed by atoms with Crippen molar-refractivity contribution in [3.63, 3.8) is 0 Å². The topological polar surface area (TPSA) is 137 Å². The van der Waals surface area contributed by atoms with Crippen LogP contribution in [-0.4, -0.2) is 98.5 Å². The van der Waals surface area contributed by atoms with Crippen molar-refractivity contribution < 1.29 is 66.4 Å². The molecule has 0 unspecified atom stereocenters. The molecule has 84 heavy (non-hydrogen) atoms. The molecule has 7 aromatic rings. The molecule has 0 radical (unpaired) electrons.